The lowest BCUT2D eigenvalue weighted by Gasteiger charge is -2.08. The molecule has 1 heterocycles. The Bertz CT molecular complexity index is 818. The highest BCUT2D eigenvalue weighted by molar-refractivity contribution is 9.10. The Morgan fingerprint density at radius 1 is 1.10 bits per heavy atom. The van der Waals surface area contributed by atoms with Crippen LogP contribution in [0.1, 0.15) is 0 Å². The van der Waals surface area contributed by atoms with E-state index in [1.807, 2.05) is 6.07 Å². The fraction of sp³-hybridized carbons (Fsp3) is 0. The van der Waals surface area contributed by atoms with Gasteiger partial charge in [-0.05, 0) is 34.7 Å². The summed E-state index contributed by atoms with van der Waals surface area (Å²) in [4.78, 5) is 0. The Balaban J connectivity index is 2.18. The number of nitrogen functional groups attached to an aromatic ring is 1. The molecule has 2 aromatic carbocycles. The summed E-state index contributed by atoms with van der Waals surface area (Å²) in [6.45, 7) is 0. The van der Waals surface area contributed by atoms with E-state index in [2.05, 4.69) is 31.5 Å². The molecular weight excluding hydrogens is 344 g/mol. The van der Waals surface area contributed by atoms with E-state index in [0.717, 1.165) is 16.6 Å². The molecule has 0 bridgehead atoms. The zero-order chi connectivity index (χ0) is 15.0. The van der Waals surface area contributed by atoms with E-state index in [-0.39, 0.29) is 17.1 Å². The second-order valence-electron chi connectivity index (χ2n) is 4.25. The fourth-order valence-corrected chi connectivity index (χ4v) is 2.28. The highest BCUT2D eigenvalue weighted by Gasteiger charge is 2.16. The number of nitrogens with two attached hydrogens (primary N) is 1. The zero-order valence-corrected chi connectivity index (χ0v) is 12.1. The third kappa shape index (κ3) is 2.49. The van der Waals surface area contributed by atoms with Gasteiger partial charge in [0.2, 0.25) is 0 Å². The minimum Gasteiger partial charge on any atom is -0.398 e. The van der Waals surface area contributed by atoms with Crippen LogP contribution in [0.2, 0.25) is 0 Å². The van der Waals surface area contributed by atoms with E-state index >= 15 is 0 Å². The second-order valence-corrected chi connectivity index (χ2v) is 5.16. The SMILES string of the molecule is Nc1cc(F)c(F)cc1-c1nnnn1-c1cccc(Br)c1. The van der Waals surface area contributed by atoms with Crippen LogP contribution in [0.15, 0.2) is 40.9 Å². The molecule has 0 spiro atoms. The van der Waals surface area contributed by atoms with Gasteiger partial charge in [-0.25, -0.2) is 8.78 Å². The van der Waals surface area contributed by atoms with Gasteiger partial charge < -0.3 is 5.73 Å². The minimum absolute atomic E-state index is 0.0555. The Kier molecular flexibility index (Phi) is 3.38. The van der Waals surface area contributed by atoms with Gasteiger partial charge in [-0.1, -0.05) is 22.0 Å². The quantitative estimate of drug-likeness (QED) is 0.720. The highest BCUT2D eigenvalue weighted by Crippen LogP contribution is 2.28. The first-order valence-corrected chi connectivity index (χ1v) is 6.65. The summed E-state index contributed by atoms with van der Waals surface area (Å²) >= 11 is 3.35. The summed E-state index contributed by atoms with van der Waals surface area (Å²) in [5.74, 6) is -1.80. The minimum atomic E-state index is -1.02. The van der Waals surface area contributed by atoms with Crippen molar-refractivity contribution in [3.8, 4) is 17.1 Å². The average molecular weight is 352 g/mol. The molecule has 5 nitrogen and oxygen atoms in total. The largest absolute Gasteiger partial charge is 0.398 e. The van der Waals surface area contributed by atoms with E-state index in [1.54, 1.807) is 18.2 Å². The molecule has 0 atom stereocenters. The monoisotopic (exact) mass is 351 g/mol. The number of aromatic nitrogens is 4. The highest BCUT2D eigenvalue weighted by atomic mass is 79.9. The number of rotatable bonds is 2. The molecule has 0 saturated heterocycles. The molecule has 0 aliphatic heterocycles. The molecule has 3 aromatic rings. The van der Waals surface area contributed by atoms with Crippen molar-refractivity contribution >= 4 is 21.6 Å². The van der Waals surface area contributed by atoms with Crippen molar-refractivity contribution in [3.63, 3.8) is 0 Å². The number of hydrogen-bond donors (Lipinski definition) is 1. The molecule has 8 heteroatoms. The van der Waals surface area contributed by atoms with Gasteiger partial charge in [-0.3, -0.25) is 0 Å². The maximum Gasteiger partial charge on any atom is 0.189 e. The molecule has 106 valence electrons. The molecule has 2 N–H and O–H groups in total. The maximum atomic E-state index is 13.4. The van der Waals surface area contributed by atoms with Crippen LogP contribution < -0.4 is 5.73 Å². The molecule has 0 unspecified atom stereocenters. The van der Waals surface area contributed by atoms with Crippen molar-refractivity contribution in [1.82, 2.24) is 20.2 Å². The maximum absolute atomic E-state index is 13.4. The van der Waals surface area contributed by atoms with Gasteiger partial charge >= 0.3 is 0 Å². The number of nitrogens with zero attached hydrogens (tertiary/aromatic N) is 4. The number of tetrazole rings is 1. The van der Waals surface area contributed by atoms with Crippen LogP contribution in [0, 0.1) is 11.6 Å². The first-order valence-electron chi connectivity index (χ1n) is 5.85. The average Bonchev–Trinajstić information content (AvgIpc) is 2.92. The molecule has 0 saturated carbocycles. The van der Waals surface area contributed by atoms with Gasteiger partial charge in [-0.15, -0.1) is 5.10 Å². The Hall–Kier alpha value is -2.35. The normalized spacial score (nSPS) is 10.8. The second kappa shape index (κ2) is 5.21. The zero-order valence-electron chi connectivity index (χ0n) is 10.5. The van der Waals surface area contributed by atoms with E-state index < -0.39 is 11.6 Å². The van der Waals surface area contributed by atoms with Gasteiger partial charge in [0.1, 0.15) is 0 Å². The predicted octanol–water partition coefficient (Wildman–Crippen LogP) is 2.95. The summed E-state index contributed by atoms with van der Waals surface area (Å²) in [6.07, 6.45) is 0. The van der Waals surface area contributed by atoms with Gasteiger partial charge in [0.25, 0.3) is 0 Å². The molecule has 3 rings (SSSR count). The molecule has 21 heavy (non-hydrogen) atoms. The molecule has 0 fully saturated rings. The standard InChI is InChI=1S/C13H8BrF2N5/c14-7-2-1-3-8(4-7)21-13(18-19-20-21)9-5-10(15)11(16)6-12(9)17/h1-6H,17H2. The topological polar surface area (TPSA) is 69.6 Å². The Morgan fingerprint density at radius 2 is 1.86 bits per heavy atom. The third-order valence-corrected chi connectivity index (χ3v) is 3.35. The van der Waals surface area contributed by atoms with Crippen LogP contribution in [0.3, 0.4) is 0 Å². The van der Waals surface area contributed by atoms with Crippen molar-refractivity contribution in [2.45, 2.75) is 0 Å². The van der Waals surface area contributed by atoms with Gasteiger partial charge in [0.15, 0.2) is 17.5 Å². The van der Waals surface area contributed by atoms with Crippen LogP contribution in [-0.2, 0) is 0 Å². The van der Waals surface area contributed by atoms with E-state index in [9.17, 15) is 8.78 Å². The van der Waals surface area contributed by atoms with Crippen molar-refractivity contribution in [3.05, 3.63) is 52.5 Å². The van der Waals surface area contributed by atoms with Gasteiger partial charge in [0, 0.05) is 21.8 Å². The van der Waals surface area contributed by atoms with E-state index in [0.29, 0.717) is 5.69 Å². The van der Waals surface area contributed by atoms with Crippen LogP contribution in [0.4, 0.5) is 14.5 Å². The number of benzene rings is 2. The first kappa shape index (κ1) is 13.6. The van der Waals surface area contributed by atoms with Crippen molar-refractivity contribution in [2.75, 3.05) is 5.73 Å². The van der Waals surface area contributed by atoms with Crippen LogP contribution in [-0.4, -0.2) is 20.2 Å². The Morgan fingerprint density at radius 3 is 2.62 bits per heavy atom. The van der Waals surface area contributed by atoms with Crippen molar-refractivity contribution in [1.29, 1.82) is 0 Å². The Labute approximate surface area is 126 Å². The number of halogens is 3. The lowest BCUT2D eigenvalue weighted by atomic mass is 10.1. The molecule has 0 radical (unpaired) electrons. The number of hydrogen-bond acceptors (Lipinski definition) is 4. The molecular formula is C13H8BrF2N5. The van der Waals surface area contributed by atoms with Crippen molar-refractivity contribution in [2.24, 2.45) is 0 Å². The lowest BCUT2D eigenvalue weighted by Crippen LogP contribution is -2.03. The summed E-state index contributed by atoms with van der Waals surface area (Å²) in [5, 5.41) is 11.3. The van der Waals surface area contributed by atoms with Gasteiger partial charge in [-0.2, -0.15) is 4.68 Å². The molecule has 0 amide bonds. The van der Waals surface area contributed by atoms with E-state index in [1.165, 1.54) is 4.68 Å². The summed E-state index contributed by atoms with van der Waals surface area (Å²) in [7, 11) is 0. The van der Waals surface area contributed by atoms with Gasteiger partial charge in [0.05, 0.1) is 5.69 Å². The van der Waals surface area contributed by atoms with Crippen molar-refractivity contribution < 1.29 is 8.78 Å². The van der Waals surface area contributed by atoms with Crippen LogP contribution >= 0.6 is 15.9 Å². The molecule has 0 aliphatic rings. The third-order valence-electron chi connectivity index (χ3n) is 2.86. The smallest absolute Gasteiger partial charge is 0.189 e. The lowest BCUT2D eigenvalue weighted by molar-refractivity contribution is 0.509. The fourth-order valence-electron chi connectivity index (χ4n) is 1.89. The predicted molar refractivity (Wildman–Crippen MR) is 76.6 cm³/mol. The first-order chi connectivity index (χ1) is 10.1. The summed E-state index contributed by atoms with van der Waals surface area (Å²) < 4.78 is 28.8. The van der Waals surface area contributed by atoms with Crippen LogP contribution in [0.5, 0.6) is 0 Å². The summed E-state index contributed by atoms with van der Waals surface area (Å²) in [6, 6.07) is 9.10. The molecule has 1 aromatic heterocycles. The summed E-state index contributed by atoms with van der Waals surface area (Å²) in [5.41, 5.74) is 6.67. The molecule has 0 aliphatic carbocycles. The van der Waals surface area contributed by atoms with Crippen LogP contribution in [0.25, 0.3) is 17.1 Å². The van der Waals surface area contributed by atoms with E-state index in [4.69, 9.17) is 5.73 Å². The number of anilines is 1.